The number of hydrogen-bond donors (Lipinski definition) is 2. The summed E-state index contributed by atoms with van der Waals surface area (Å²) in [7, 11) is 1.88. The normalized spacial score (nSPS) is 12.9. The molecule has 0 atom stereocenters. The molecule has 38 valence electrons. The molecule has 0 aromatic rings. The van der Waals surface area contributed by atoms with E-state index >= 15 is 0 Å². The van der Waals surface area contributed by atoms with Crippen LogP contribution in [0.1, 0.15) is 0 Å². The summed E-state index contributed by atoms with van der Waals surface area (Å²) in [4.78, 5) is 0. The zero-order chi connectivity index (χ0) is 5.70. The van der Waals surface area contributed by atoms with E-state index in [1.165, 1.54) is 12.4 Å². The summed E-state index contributed by atoms with van der Waals surface area (Å²) in [6.07, 6.45) is 4.70. The van der Waals surface area contributed by atoms with Gasteiger partial charge in [0.25, 0.3) is 0 Å². The molecule has 0 aromatic heterocycles. The SMILES string of the molecule is BC(/C=C\N)=C/N. The Balaban J connectivity index is 3.58. The molecule has 0 amide bonds. The molecule has 7 heavy (non-hydrogen) atoms. The van der Waals surface area contributed by atoms with E-state index in [2.05, 4.69) is 0 Å². The summed E-state index contributed by atoms with van der Waals surface area (Å²) >= 11 is 0. The fraction of sp³-hybridized carbons (Fsp3) is 0. The van der Waals surface area contributed by atoms with E-state index < -0.39 is 0 Å². The van der Waals surface area contributed by atoms with Crippen molar-refractivity contribution in [2.24, 2.45) is 11.5 Å². The summed E-state index contributed by atoms with van der Waals surface area (Å²) in [6.45, 7) is 0. The highest BCUT2D eigenvalue weighted by Crippen LogP contribution is 1.80. The lowest BCUT2D eigenvalue weighted by Gasteiger charge is -1.81. The van der Waals surface area contributed by atoms with Gasteiger partial charge in [0.15, 0.2) is 0 Å². The van der Waals surface area contributed by atoms with Crippen molar-refractivity contribution in [3.8, 4) is 0 Å². The maximum atomic E-state index is 5.09. The van der Waals surface area contributed by atoms with E-state index in [9.17, 15) is 0 Å². The van der Waals surface area contributed by atoms with Crippen LogP contribution in [0.2, 0.25) is 0 Å². The average Bonchev–Trinajstić information content (AvgIpc) is 1.68. The topological polar surface area (TPSA) is 52.0 Å². The summed E-state index contributed by atoms with van der Waals surface area (Å²) in [5, 5.41) is 0. The second-order valence-corrected chi connectivity index (χ2v) is 1.27. The van der Waals surface area contributed by atoms with Crippen LogP contribution in [0.3, 0.4) is 0 Å². The van der Waals surface area contributed by atoms with E-state index in [0.717, 1.165) is 5.47 Å². The van der Waals surface area contributed by atoms with Crippen molar-refractivity contribution in [3.05, 3.63) is 23.9 Å². The highest BCUT2D eigenvalue weighted by Gasteiger charge is 1.71. The molecule has 4 N–H and O–H groups in total. The number of allylic oxidation sites excluding steroid dienone is 2. The summed E-state index contributed by atoms with van der Waals surface area (Å²) < 4.78 is 0. The fourth-order valence-corrected chi connectivity index (χ4v) is 0.207. The van der Waals surface area contributed by atoms with E-state index in [1.807, 2.05) is 7.85 Å². The third-order valence-electron chi connectivity index (χ3n) is 0.622. The molecule has 0 radical (unpaired) electrons. The summed E-state index contributed by atoms with van der Waals surface area (Å²) in [5.41, 5.74) is 11.1. The van der Waals surface area contributed by atoms with E-state index in [-0.39, 0.29) is 0 Å². The van der Waals surface area contributed by atoms with Crippen LogP contribution >= 0.6 is 0 Å². The lowest BCUT2D eigenvalue weighted by Crippen LogP contribution is -1.85. The Morgan fingerprint density at radius 3 is 2.14 bits per heavy atom. The molecule has 0 fully saturated rings. The minimum Gasteiger partial charge on any atom is -0.405 e. The smallest absolute Gasteiger partial charge is 0.141 e. The van der Waals surface area contributed by atoms with Crippen molar-refractivity contribution in [2.75, 3.05) is 0 Å². The Morgan fingerprint density at radius 1 is 1.43 bits per heavy atom. The van der Waals surface area contributed by atoms with Crippen molar-refractivity contribution >= 4 is 7.85 Å². The van der Waals surface area contributed by atoms with Crippen molar-refractivity contribution < 1.29 is 0 Å². The van der Waals surface area contributed by atoms with Crippen LogP contribution in [0.15, 0.2) is 23.9 Å². The van der Waals surface area contributed by atoms with Gasteiger partial charge in [0.2, 0.25) is 0 Å². The molecular formula is C4H9BN2. The first-order chi connectivity index (χ1) is 3.31. The number of nitrogens with two attached hydrogens (primary N) is 2. The maximum Gasteiger partial charge on any atom is 0.141 e. The number of rotatable bonds is 1. The van der Waals surface area contributed by atoms with Crippen LogP contribution in [0.5, 0.6) is 0 Å². The monoisotopic (exact) mass is 96.1 g/mol. The summed E-state index contributed by atoms with van der Waals surface area (Å²) in [6, 6.07) is 0. The van der Waals surface area contributed by atoms with Crippen LogP contribution in [-0.2, 0) is 0 Å². The molecule has 0 heterocycles. The van der Waals surface area contributed by atoms with Gasteiger partial charge in [0.1, 0.15) is 7.85 Å². The molecule has 0 saturated carbocycles. The lowest BCUT2D eigenvalue weighted by molar-refractivity contribution is 1.54. The van der Waals surface area contributed by atoms with Crippen LogP contribution in [-0.4, -0.2) is 7.85 Å². The zero-order valence-electron chi connectivity index (χ0n) is 4.39. The van der Waals surface area contributed by atoms with Crippen LogP contribution in [0, 0.1) is 0 Å². The quantitative estimate of drug-likeness (QED) is 0.321. The standard InChI is InChI=1S/C4H9BN2/c5-4(3-7)1-2-6/h1-3H,5-7H2/b2-1-,4-3+. The third-order valence-corrected chi connectivity index (χ3v) is 0.622. The Kier molecular flexibility index (Phi) is 2.93. The predicted molar refractivity (Wildman–Crippen MR) is 34.1 cm³/mol. The van der Waals surface area contributed by atoms with Gasteiger partial charge in [-0.3, -0.25) is 0 Å². The molecular weight excluding hydrogens is 86.9 g/mol. The predicted octanol–water partition coefficient (Wildman–Crippen LogP) is -1.11. The Hall–Kier alpha value is -0.855. The van der Waals surface area contributed by atoms with Gasteiger partial charge in [-0.2, -0.15) is 0 Å². The Bertz CT molecular complexity index is 95.9. The van der Waals surface area contributed by atoms with Crippen LogP contribution in [0.4, 0.5) is 0 Å². The Morgan fingerprint density at radius 2 is 2.00 bits per heavy atom. The van der Waals surface area contributed by atoms with Gasteiger partial charge in [0, 0.05) is 0 Å². The molecule has 0 spiro atoms. The molecule has 3 heteroatoms. The van der Waals surface area contributed by atoms with Crippen molar-refractivity contribution in [1.82, 2.24) is 0 Å². The highest BCUT2D eigenvalue weighted by molar-refractivity contribution is 6.23. The fourth-order valence-electron chi connectivity index (χ4n) is 0.207. The minimum atomic E-state index is 0.975. The highest BCUT2D eigenvalue weighted by atomic mass is 14.5. The molecule has 0 saturated heterocycles. The van der Waals surface area contributed by atoms with Gasteiger partial charge >= 0.3 is 0 Å². The van der Waals surface area contributed by atoms with E-state index in [4.69, 9.17) is 11.5 Å². The third kappa shape index (κ3) is 2.96. The van der Waals surface area contributed by atoms with E-state index in [0.29, 0.717) is 0 Å². The average molecular weight is 95.9 g/mol. The number of hydrogen-bond acceptors (Lipinski definition) is 2. The van der Waals surface area contributed by atoms with Crippen LogP contribution < -0.4 is 11.5 Å². The van der Waals surface area contributed by atoms with Crippen molar-refractivity contribution in [1.29, 1.82) is 0 Å². The largest absolute Gasteiger partial charge is 0.405 e. The van der Waals surface area contributed by atoms with Gasteiger partial charge in [-0.15, -0.1) is 0 Å². The zero-order valence-corrected chi connectivity index (χ0v) is 4.39. The van der Waals surface area contributed by atoms with Crippen molar-refractivity contribution in [3.63, 3.8) is 0 Å². The molecule has 2 nitrogen and oxygen atoms in total. The molecule has 0 rings (SSSR count). The second kappa shape index (κ2) is 3.34. The van der Waals surface area contributed by atoms with E-state index in [1.54, 1.807) is 6.08 Å². The molecule has 0 aliphatic carbocycles. The molecule has 0 aromatic carbocycles. The van der Waals surface area contributed by atoms with Gasteiger partial charge in [-0.05, 0) is 12.4 Å². The van der Waals surface area contributed by atoms with Gasteiger partial charge in [0.05, 0.1) is 0 Å². The molecule has 0 aliphatic heterocycles. The first-order valence-electron chi connectivity index (χ1n) is 2.08. The van der Waals surface area contributed by atoms with Gasteiger partial charge < -0.3 is 11.5 Å². The second-order valence-electron chi connectivity index (χ2n) is 1.27. The first-order valence-corrected chi connectivity index (χ1v) is 2.08. The minimum absolute atomic E-state index is 0.975. The molecule has 0 bridgehead atoms. The van der Waals surface area contributed by atoms with Crippen LogP contribution in [0.25, 0.3) is 0 Å². The first kappa shape index (κ1) is 6.14. The van der Waals surface area contributed by atoms with Crippen molar-refractivity contribution in [2.45, 2.75) is 0 Å². The van der Waals surface area contributed by atoms with Gasteiger partial charge in [-0.25, -0.2) is 0 Å². The maximum absolute atomic E-state index is 5.09. The Labute approximate surface area is 44.3 Å². The lowest BCUT2D eigenvalue weighted by atomic mass is 9.97. The molecule has 0 aliphatic rings. The summed E-state index contributed by atoms with van der Waals surface area (Å²) in [5.74, 6) is 0. The van der Waals surface area contributed by atoms with Gasteiger partial charge in [-0.1, -0.05) is 11.5 Å². The molecule has 0 unspecified atom stereocenters.